The lowest BCUT2D eigenvalue weighted by atomic mass is 10.3. The Bertz CT molecular complexity index is 145. The number of aldehydes is 1. The molecule has 0 radical (unpaired) electrons. The molecular formula is C7H13NO3. The van der Waals surface area contributed by atoms with Crippen molar-refractivity contribution in [1.82, 2.24) is 4.90 Å². The highest BCUT2D eigenvalue weighted by Gasteiger charge is 2.13. The monoisotopic (exact) mass is 159 g/mol. The van der Waals surface area contributed by atoms with Crippen molar-refractivity contribution in [3.05, 3.63) is 0 Å². The number of carboxylic acid groups (broad SMARTS) is 1. The molecule has 0 bridgehead atoms. The number of amides is 1. The molecule has 0 saturated heterocycles. The molecule has 0 aliphatic rings. The smallest absolute Gasteiger partial charge is 0.407 e. The summed E-state index contributed by atoms with van der Waals surface area (Å²) in [5, 5.41) is 8.58. The van der Waals surface area contributed by atoms with Gasteiger partial charge in [-0.15, -0.1) is 0 Å². The summed E-state index contributed by atoms with van der Waals surface area (Å²) >= 11 is 0. The third-order valence-corrected chi connectivity index (χ3v) is 1.36. The van der Waals surface area contributed by atoms with Gasteiger partial charge in [-0.3, -0.25) is 0 Å². The number of carbonyl (C=O) groups is 2. The molecule has 4 heteroatoms. The second-order valence-corrected chi connectivity index (χ2v) is 2.53. The molecule has 1 N–H and O–H groups in total. The molecule has 0 aromatic rings. The Morgan fingerprint density at radius 2 is 2.18 bits per heavy atom. The molecule has 0 unspecified atom stereocenters. The van der Waals surface area contributed by atoms with E-state index >= 15 is 0 Å². The van der Waals surface area contributed by atoms with Crippen molar-refractivity contribution < 1.29 is 14.7 Å². The van der Waals surface area contributed by atoms with E-state index in [1.165, 1.54) is 4.90 Å². The fourth-order valence-electron chi connectivity index (χ4n) is 0.767. The first-order valence-electron chi connectivity index (χ1n) is 3.52. The van der Waals surface area contributed by atoms with E-state index in [1.807, 2.05) is 0 Å². The van der Waals surface area contributed by atoms with E-state index in [0.29, 0.717) is 0 Å². The lowest BCUT2D eigenvalue weighted by Crippen LogP contribution is -2.36. The molecule has 0 heterocycles. The fraction of sp³-hybridized carbons (Fsp3) is 0.714. The third kappa shape index (κ3) is 3.60. The molecule has 11 heavy (non-hydrogen) atoms. The standard InChI is InChI=1S/C7H13NO3/c1-6(2)8(7(10)11)4-3-5-9/h5-6H,3-4H2,1-2H3,(H,10,11). The first-order valence-corrected chi connectivity index (χ1v) is 3.52. The van der Waals surface area contributed by atoms with Gasteiger partial charge in [-0.25, -0.2) is 4.79 Å². The van der Waals surface area contributed by atoms with Crippen molar-refractivity contribution in [3.8, 4) is 0 Å². The summed E-state index contributed by atoms with van der Waals surface area (Å²) < 4.78 is 0. The molecule has 1 amide bonds. The Hall–Kier alpha value is -1.06. The van der Waals surface area contributed by atoms with Gasteiger partial charge in [0.15, 0.2) is 0 Å². The van der Waals surface area contributed by atoms with Crippen LogP contribution in [0.25, 0.3) is 0 Å². The molecule has 0 rings (SSSR count). The van der Waals surface area contributed by atoms with Gasteiger partial charge >= 0.3 is 6.09 Å². The van der Waals surface area contributed by atoms with E-state index in [1.54, 1.807) is 13.8 Å². The van der Waals surface area contributed by atoms with Crippen molar-refractivity contribution >= 4 is 12.4 Å². The minimum absolute atomic E-state index is 0.0625. The Morgan fingerprint density at radius 1 is 1.64 bits per heavy atom. The van der Waals surface area contributed by atoms with Crippen LogP contribution in [0.5, 0.6) is 0 Å². The molecule has 0 spiro atoms. The van der Waals surface area contributed by atoms with Crippen LogP contribution in [0.4, 0.5) is 4.79 Å². The predicted octanol–water partition coefficient (Wildman–Crippen LogP) is 0.964. The highest BCUT2D eigenvalue weighted by atomic mass is 16.4. The summed E-state index contributed by atoms with van der Waals surface area (Å²) in [5.74, 6) is 0. The number of nitrogens with zero attached hydrogens (tertiary/aromatic N) is 1. The number of hydrogen-bond donors (Lipinski definition) is 1. The van der Waals surface area contributed by atoms with Gasteiger partial charge in [0.05, 0.1) is 0 Å². The maximum Gasteiger partial charge on any atom is 0.407 e. The van der Waals surface area contributed by atoms with Gasteiger partial charge in [0, 0.05) is 19.0 Å². The van der Waals surface area contributed by atoms with E-state index in [9.17, 15) is 9.59 Å². The van der Waals surface area contributed by atoms with Crippen LogP contribution in [0.1, 0.15) is 20.3 Å². The maximum atomic E-state index is 10.5. The number of rotatable bonds is 4. The average molecular weight is 159 g/mol. The minimum atomic E-state index is -0.971. The molecular weight excluding hydrogens is 146 g/mol. The molecule has 0 fully saturated rings. The minimum Gasteiger partial charge on any atom is -0.465 e. The van der Waals surface area contributed by atoms with Crippen LogP contribution in [0, 0.1) is 0 Å². The molecule has 0 aromatic carbocycles. The Labute approximate surface area is 65.8 Å². The van der Waals surface area contributed by atoms with Crippen LogP contribution in [-0.4, -0.2) is 35.0 Å². The molecule has 0 atom stereocenters. The van der Waals surface area contributed by atoms with E-state index in [0.717, 1.165) is 6.29 Å². The van der Waals surface area contributed by atoms with Gasteiger partial charge in [0.2, 0.25) is 0 Å². The summed E-state index contributed by atoms with van der Waals surface area (Å²) in [5.41, 5.74) is 0. The highest BCUT2D eigenvalue weighted by Crippen LogP contribution is 1.98. The van der Waals surface area contributed by atoms with Gasteiger partial charge in [-0.05, 0) is 13.8 Å². The fourth-order valence-corrected chi connectivity index (χ4v) is 0.767. The van der Waals surface area contributed by atoms with Crippen molar-refractivity contribution in [1.29, 1.82) is 0 Å². The van der Waals surface area contributed by atoms with E-state index in [-0.39, 0.29) is 19.0 Å². The van der Waals surface area contributed by atoms with Crippen molar-refractivity contribution in [2.45, 2.75) is 26.3 Å². The Balaban J connectivity index is 3.89. The summed E-state index contributed by atoms with van der Waals surface area (Å²) in [6.45, 7) is 3.84. The Kier molecular flexibility index (Phi) is 4.26. The molecule has 0 aromatic heterocycles. The van der Waals surface area contributed by atoms with Crippen LogP contribution < -0.4 is 0 Å². The quantitative estimate of drug-likeness (QED) is 0.621. The van der Waals surface area contributed by atoms with Crippen LogP contribution in [0.2, 0.25) is 0 Å². The maximum absolute atomic E-state index is 10.5. The second-order valence-electron chi connectivity index (χ2n) is 2.53. The van der Waals surface area contributed by atoms with E-state index in [2.05, 4.69) is 0 Å². The average Bonchev–Trinajstić information content (AvgIpc) is 1.87. The van der Waals surface area contributed by atoms with Crippen molar-refractivity contribution in [2.75, 3.05) is 6.54 Å². The van der Waals surface area contributed by atoms with Crippen LogP contribution in [-0.2, 0) is 4.79 Å². The SMILES string of the molecule is CC(C)N(CCC=O)C(=O)O. The van der Waals surface area contributed by atoms with Gasteiger partial charge in [0.1, 0.15) is 6.29 Å². The van der Waals surface area contributed by atoms with Crippen molar-refractivity contribution in [2.24, 2.45) is 0 Å². The lowest BCUT2D eigenvalue weighted by molar-refractivity contribution is -0.108. The zero-order chi connectivity index (χ0) is 8.85. The van der Waals surface area contributed by atoms with Crippen LogP contribution >= 0.6 is 0 Å². The van der Waals surface area contributed by atoms with Gasteiger partial charge in [-0.1, -0.05) is 0 Å². The zero-order valence-corrected chi connectivity index (χ0v) is 6.78. The molecule has 0 saturated carbocycles. The summed E-state index contributed by atoms with van der Waals surface area (Å²) in [6, 6.07) is -0.0625. The number of hydrogen-bond acceptors (Lipinski definition) is 2. The summed E-state index contributed by atoms with van der Waals surface area (Å²) in [7, 11) is 0. The second kappa shape index (κ2) is 4.71. The number of carbonyl (C=O) groups excluding carboxylic acids is 1. The lowest BCUT2D eigenvalue weighted by Gasteiger charge is -2.21. The third-order valence-electron chi connectivity index (χ3n) is 1.36. The Morgan fingerprint density at radius 3 is 2.45 bits per heavy atom. The van der Waals surface area contributed by atoms with E-state index < -0.39 is 6.09 Å². The zero-order valence-electron chi connectivity index (χ0n) is 6.78. The normalized spacial score (nSPS) is 9.73. The predicted molar refractivity (Wildman–Crippen MR) is 40.5 cm³/mol. The van der Waals surface area contributed by atoms with Gasteiger partial charge < -0.3 is 14.8 Å². The molecule has 4 nitrogen and oxygen atoms in total. The highest BCUT2D eigenvalue weighted by molar-refractivity contribution is 5.65. The van der Waals surface area contributed by atoms with Gasteiger partial charge in [-0.2, -0.15) is 0 Å². The van der Waals surface area contributed by atoms with Crippen molar-refractivity contribution in [3.63, 3.8) is 0 Å². The molecule has 0 aliphatic heterocycles. The molecule has 0 aliphatic carbocycles. The largest absolute Gasteiger partial charge is 0.465 e. The summed E-state index contributed by atoms with van der Waals surface area (Å²) in [6.07, 6.45) is 0.0184. The first kappa shape index (κ1) is 9.94. The van der Waals surface area contributed by atoms with Crippen LogP contribution in [0.3, 0.4) is 0 Å². The van der Waals surface area contributed by atoms with E-state index in [4.69, 9.17) is 5.11 Å². The molecule has 64 valence electrons. The summed E-state index contributed by atoms with van der Waals surface area (Å²) in [4.78, 5) is 21.6. The first-order chi connectivity index (χ1) is 5.09. The topological polar surface area (TPSA) is 57.6 Å². The van der Waals surface area contributed by atoms with Gasteiger partial charge in [0.25, 0.3) is 0 Å². The van der Waals surface area contributed by atoms with Crippen LogP contribution in [0.15, 0.2) is 0 Å².